The molecule has 3 N–H and O–H groups in total. The molecule has 1 saturated heterocycles. The lowest BCUT2D eigenvalue weighted by molar-refractivity contribution is 0.0679. The second-order valence-corrected chi connectivity index (χ2v) is 4.95. The van der Waals surface area contributed by atoms with Crippen LogP contribution in [0, 0.1) is 0 Å². The van der Waals surface area contributed by atoms with Crippen LogP contribution in [0.15, 0.2) is 30.3 Å². The molecule has 0 bridgehead atoms. The van der Waals surface area contributed by atoms with Crippen LogP contribution in [0.2, 0.25) is 0 Å². The first kappa shape index (κ1) is 13.1. The first-order valence-electron chi connectivity index (χ1n) is 6.94. The van der Waals surface area contributed by atoms with E-state index in [2.05, 4.69) is 10.2 Å². The van der Waals surface area contributed by atoms with Gasteiger partial charge in [-0.15, -0.1) is 0 Å². The monoisotopic (exact) mass is 273 g/mol. The van der Waals surface area contributed by atoms with Crippen LogP contribution in [-0.2, 0) is 11.3 Å². The van der Waals surface area contributed by atoms with Crippen LogP contribution in [0.1, 0.15) is 18.5 Å². The van der Waals surface area contributed by atoms with Gasteiger partial charge in [-0.2, -0.15) is 5.10 Å². The minimum Gasteiger partial charge on any atom is -0.491 e. The maximum absolute atomic E-state index is 5.73. The highest BCUT2D eigenvalue weighted by Gasteiger charge is 2.15. The smallest absolute Gasteiger partial charge is 0.119 e. The van der Waals surface area contributed by atoms with Crippen LogP contribution in [0.4, 0.5) is 0 Å². The van der Waals surface area contributed by atoms with E-state index in [9.17, 15) is 0 Å². The van der Waals surface area contributed by atoms with Crippen molar-refractivity contribution < 1.29 is 9.47 Å². The summed E-state index contributed by atoms with van der Waals surface area (Å²) in [6.45, 7) is 1.95. The molecule has 1 atom stereocenters. The van der Waals surface area contributed by atoms with Crippen molar-refractivity contribution in [2.24, 2.45) is 5.73 Å². The lowest BCUT2D eigenvalue weighted by Gasteiger charge is -2.11. The van der Waals surface area contributed by atoms with E-state index in [1.54, 1.807) is 0 Å². The largest absolute Gasteiger partial charge is 0.491 e. The summed E-state index contributed by atoms with van der Waals surface area (Å²) in [4.78, 5) is 0. The Morgan fingerprint density at radius 3 is 2.85 bits per heavy atom. The summed E-state index contributed by atoms with van der Waals surface area (Å²) in [7, 11) is 0. The molecule has 5 nitrogen and oxygen atoms in total. The molecule has 20 heavy (non-hydrogen) atoms. The summed E-state index contributed by atoms with van der Waals surface area (Å²) in [6, 6.07) is 9.88. The quantitative estimate of drug-likeness (QED) is 0.875. The standard InChI is InChI=1S/C15H19N3O2/c16-9-12-8-15(18-17-12)11-3-5-13(6-4-11)20-10-14-2-1-7-19-14/h3-6,8,14H,1-2,7,9-10,16H2,(H,17,18). The molecule has 106 valence electrons. The van der Waals surface area contributed by atoms with Gasteiger partial charge in [-0.3, -0.25) is 5.10 Å². The molecule has 1 aliphatic heterocycles. The number of aromatic nitrogens is 2. The van der Waals surface area contributed by atoms with E-state index in [4.69, 9.17) is 15.2 Å². The second-order valence-electron chi connectivity index (χ2n) is 4.95. The Labute approximate surface area is 118 Å². The minimum absolute atomic E-state index is 0.244. The van der Waals surface area contributed by atoms with E-state index in [1.165, 1.54) is 0 Å². The average Bonchev–Trinajstić information content (AvgIpc) is 3.17. The van der Waals surface area contributed by atoms with E-state index in [1.807, 2.05) is 30.3 Å². The molecule has 2 aromatic rings. The topological polar surface area (TPSA) is 73.2 Å². The first-order valence-corrected chi connectivity index (χ1v) is 6.94. The van der Waals surface area contributed by atoms with Gasteiger partial charge < -0.3 is 15.2 Å². The number of nitrogens with zero attached hydrogens (tertiary/aromatic N) is 1. The molecule has 0 saturated carbocycles. The molecule has 5 heteroatoms. The van der Waals surface area contributed by atoms with Gasteiger partial charge in [0.2, 0.25) is 0 Å². The Morgan fingerprint density at radius 1 is 1.35 bits per heavy atom. The van der Waals surface area contributed by atoms with Crippen molar-refractivity contribution in [3.63, 3.8) is 0 Å². The number of rotatable bonds is 5. The third kappa shape index (κ3) is 3.00. The third-order valence-corrected chi connectivity index (χ3v) is 3.46. The number of hydrogen-bond donors (Lipinski definition) is 2. The predicted molar refractivity (Wildman–Crippen MR) is 76.4 cm³/mol. The highest BCUT2D eigenvalue weighted by atomic mass is 16.5. The Balaban J connectivity index is 1.61. The highest BCUT2D eigenvalue weighted by molar-refractivity contribution is 5.60. The summed E-state index contributed by atoms with van der Waals surface area (Å²) in [6.07, 6.45) is 2.47. The fourth-order valence-corrected chi connectivity index (χ4v) is 2.30. The highest BCUT2D eigenvalue weighted by Crippen LogP contribution is 2.22. The molecular formula is C15H19N3O2. The molecule has 1 aromatic heterocycles. The molecule has 1 unspecified atom stereocenters. The number of hydrogen-bond acceptors (Lipinski definition) is 4. The number of benzene rings is 1. The molecule has 3 rings (SSSR count). The van der Waals surface area contributed by atoms with E-state index < -0.39 is 0 Å². The summed E-state index contributed by atoms with van der Waals surface area (Å²) >= 11 is 0. The zero-order valence-corrected chi connectivity index (χ0v) is 11.3. The molecule has 0 amide bonds. The minimum atomic E-state index is 0.244. The summed E-state index contributed by atoms with van der Waals surface area (Å²) in [5.41, 5.74) is 8.44. The normalized spacial score (nSPS) is 18.4. The molecule has 2 heterocycles. The van der Waals surface area contributed by atoms with Crippen molar-refractivity contribution in [2.45, 2.75) is 25.5 Å². The SMILES string of the molecule is NCc1cc(-c2ccc(OCC3CCCO3)cc2)n[nH]1. The van der Waals surface area contributed by atoms with E-state index in [0.717, 1.165) is 42.1 Å². The van der Waals surface area contributed by atoms with Crippen molar-refractivity contribution in [3.05, 3.63) is 36.0 Å². The fraction of sp³-hybridized carbons (Fsp3) is 0.400. The van der Waals surface area contributed by atoms with Crippen LogP contribution in [0.5, 0.6) is 5.75 Å². The molecule has 0 spiro atoms. The molecule has 1 aromatic carbocycles. The molecular weight excluding hydrogens is 254 g/mol. The summed E-state index contributed by atoms with van der Waals surface area (Å²) in [5, 5.41) is 7.14. The second kappa shape index (κ2) is 6.07. The van der Waals surface area contributed by atoms with Crippen LogP contribution in [-0.4, -0.2) is 29.5 Å². The van der Waals surface area contributed by atoms with Gasteiger partial charge in [0.1, 0.15) is 12.4 Å². The van der Waals surface area contributed by atoms with Gasteiger partial charge >= 0.3 is 0 Å². The Kier molecular flexibility index (Phi) is 3.99. The maximum Gasteiger partial charge on any atom is 0.119 e. The number of nitrogens with two attached hydrogens (primary N) is 1. The lowest BCUT2D eigenvalue weighted by Crippen LogP contribution is -2.16. The third-order valence-electron chi connectivity index (χ3n) is 3.46. The van der Waals surface area contributed by atoms with Crippen LogP contribution >= 0.6 is 0 Å². The predicted octanol–water partition coefficient (Wildman–Crippen LogP) is 2.09. The number of H-pyrrole nitrogens is 1. The average molecular weight is 273 g/mol. The van der Waals surface area contributed by atoms with E-state index in [0.29, 0.717) is 13.2 Å². The Morgan fingerprint density at radius 2 is 2.20 bits per heavy atom. The van der Waals surface area contributed by atoms with Gasteiger partial charge in [-0.1, -0.05) is 0 Å². The molecule has 0 aliphatic carbocycles. The Hall–Kier alpha value is -1.85. The molecule has 1 aliphatic rings. The van der Waals surface area contributed by atoms with Crippen molar-refractivity contribution in [1.82, 2.24) is 10.2 Å². The van der Waals surface area contributed by atoms with E-state index in [-0.39, 0.29) is 6.10 Å². The van der Waals surface area contributed by atoms with Crippen LogP contribution in [0.25, 0.3) is 11.3 Å². The zero-order valence-electron chi connectivity index (χ0n) is 11.3. The molecule has 0 radical (unpaired) electrons. The zero-order chi connectivity index (χ0) is 13.8. The summed E-state index contributed by atoms with van der Waals surface area (Å²) < 4.78 is 11.3. The number of ether oxygens (including phenoxy) is 2. The maximum atomic E-state index is 5.73. The van der Waals surface area contributed by atoms with E-state index >= 15 is 0 Å². The van der Waals surface area contributed by atoms with Crippen LogP contribution in [0.3, 0.4) is 0 Å². The van der Waals surface area contributed by atoms with Crippen molar-refractivity contribution in [3.8, 4) is 17.0 Å². The van der Waals surface area contributed by atoms with Crippen molar-refractivity contribution in [2.75, 3.05) is 13.2 Å². The molecule has 1 fully saturated rings. The van der Waals surface area contributed by atoms with Gasteiger partial charge in [-0.25, -0.2) is 0 Å². The van der Waals surface area contributed by atoms with Gasteiger partial charge in [0.15, 0.2) is 0 Å². The Bertz CT molecular complexity index is 545. The lowest BCUT2D eigenvalue weighted by atomic mass is 10.1. The number of aromatic amines is 1. The summed E-state index contributed by atoms with van der Waals surface area (Å²) in [5.74, 6) is 0.860. The first-order chi connectivity index (χ1) is 9.85. The van der Waals surface area contributed by atoms with Crippen molar-refractivity contribution in [1.29, 1.82) is 0 Å². The van der Waals surface area contributed by atoms with Gasteiger partial charge in [-0.05, 0) is 43.2 Å². The number of nitrogens with one attached hydrogen (secondary N) is 1. The van der Waals surface area contributed by atoms with Gasteiger partial charge in [0, 0.05) is 24.4 Å². The van der Waals surface area contributed by atoms with Gasteiger partial charge in [0.25, 0.3) is 0 Å². The van der Waals surface area contributed by atoms with Crippen LogP contribution < -0.4 is 10.5 Å². The fourth-order valence-electron chi connectivity index (χ4n) is 2.30. The van der Waals surface area contributed by atoms with Crippen molar-refractivity contribution >= 4 is 0 Å². The van der Waals surface area contributed by atoms with Gasteiger partial charge in [0.05, 0.1) is 11.8 Å².